The monoisotopic (exact) mass is 365 g/mol. The highest BCUT2D eigenvalue weighted by Crippen LogP contribution is 2.29. The minimum Gasteiger partial charge on any atom is -0.375 e. The van der Waals surface area contributed by atoms with E-state index in [9.17, 15) is 22.9 Å². The standard InChI is InChI=1S/C16H16FN3O4S/c17-14-6-2-7-15(16(14)20(21)22)18-11-12-4-1-5-13(10-12)19-8-3-9-25(19,23)24/h1-2,4-7,10,18H,3,8-9,11H2. The van der Waals surface area contributed by atoms with Gasteiger partial charge in [0.05, 0.1) is 16.4 Å². The summed E-state index contributed by atoms with van der Waals surface area (Å²) in [4.78, 5) is 10.2. The van der Waals surface area contributed by atoms with Crippen molar-refractivity contribution >= 4 is 27.1 Å². The number of sulfonamides is 1. The fourth-order valence-electron chi connectivity index (χ4n) is 2.79. The molecule has 0 aromatic heterocycles. The molecule has 0 bridgehead atoms. The first kappa shape index (κ1) is 17.2. The predicted molar refractivity (Wildman–Crippen MR) is 92.6 cm³/mol. The van der Waals surface area contributed by atoms with Crippen LogP contribution in [0.2, 0.25) is 0 Å². The van der Waals surface area contributed by atoms with Gasteiger partial charge in [-0.05, 0) is 36.2 Å². The molecule has 2 aromatic carbocycles. The van der Waals surface area contributed by atoms with Gasteiger partial charge in [0.15, 0.2) is 0 Å². The van der Waals surface area contributed by atoms with Gasteiger partial charge in [-0.15, -0.1) is 0 Å². The molecule has 0 aliphatic carbocycles. The van der Waals surface area contributed by atoms with E-state index in [0.29, 0.717) is 18.7 Å². The molecule has 0 unspecified atom stereocenters. The molecule has 7 nitrogen and oxygen atoms in total. The van der Waals surface area contributed by atoms with Crippen LogP contribution in [0.15, 0.2) is 42.5 Å². The van der Waals surface area contributed by atoms with E-state index in [-0.39, 0.29) is 18.0 Å². The third-order valence-corrected chi connectivity index (χ3v) is 5.82. The second kappa shape index (κ2) is 6.67. The lowest BCUT2D eigenvalue weighted by molar-refractivity contribution is -0.386. The fourth-order valence-corrected chi connectivity index (χ4v) is 4.35. The smallest absolute Gasteiger partial charge is 0.327 e. The SMILES string of the molecule is O=[N+]([O-])c1c(F)cccc1NCc1cccc(N2CCCS2(=O)=O)c1. The molecule has 3 rings (SSSR count). The second-order valence-electron chi connectivity index (χ2n) is 5.66. The lowest BCUT2D eigenvalue weighted by Crippen LogP contribution is -2.25. The molecule has 9 heteroatoms. The van der Waals surface area contributed by atoms with Crippen LogP contribution < -0.4 is 9.62 Å². The van der Waals surface area contributed by atoms with Crippen LogP contribution in [0.25, 0.3) is 0 Å². The average molecular weight is 365 g/mol. The summed E-state index contributed by atoms with van der Waals surface area (Å²) in [5.41, 5.74) is 0.758. The highest BCUT2D eigenvalue weighted by Gasteiger charge is 2.28. The van der Waals surface area contributed by atoms with Crippen molar-refractivity contribution in [2.75, 3.05) is 21.9 Å². The summed E-state index contributed by atoms with van der Waals surface area (Å²) in [6.07, 6.45) is 0.584. The van der Waals surface area contributed by atoms with Crippen LogP contribution in [-0.4, -0.2) is 25.6 Å². The summed E-state index contributed by atoms with van der Waals surface area (Å²) < 4.78 is 39.0. The fraction of sp³-hybridized carbons (Fsp3) is 0.250. The third kappa shape index (κ3) is 3.55. The second-order valence-corrected chi connectivity index (χ2v) is 7.67. The number of nitrogens with one attached hydrogen (secondary N) is 1. The molecule has 0 radical (unpaired) electrons. The molecule has 0 saturated carbocycles. The Morgan fingerprint density at radius 1 is 1.24 bits per heavy atom. The summed E-state index contributed by atoms with van der Waals surface area (Å²) in [7, 11) is -3.27. The predicted octanol–water partition coefficient (Wildman–Crippen LogP) is 2.89. The van der Waals surface area contributed by atoms with Gasteiger partial charge in [-0.3, -0.25) is 14.4 Å². The molecule has 0 spiro atoms. The number of nitro groups is 1. The number of para-hydroxylation sites is 1. The van der Waals surface area contributed by atoms with Crippen molar-refractivity contribution < 1.29 is 17.7 Å². The molecule has 1 aliphatic heterocycles. The van der Waals surface area contributed by atoms with Crippen molar-refractivity contribution in [1.82, 2.24) is 0 Å². The Balaban J connectivity index is 1.81. The van der Waals surface area contributed by atoms with E-state index in [0.717, 1.165) is 11.6 Å². The van der Waals surface area contributed by atoms with Crippen LogP contribution in [-0.2, 0) is 16.6 Å². The minimum atomic E-state index is -3.27. The van der Waals surface area contributed by atoms with Crippen LogP contribution >= 0.6 is 0 Å². The van der Waals surface area contributed by atoms with E-state index >= 15 is 0 Å². The molecular weight excluding hydrogens is 349 g/mol. The van der Waals surface area contributed by atoms with Gasteiger partial charge in [0, 0.05) is 13.1 Å². The summed E-state index contributed by atoms with van der Waals surface area (Å²) in [5.74, 6) is -0.780. The molecule has 1 N–H and O–H groups in total. The van der Waals surface area contributed by atoms with Gasteiger partial charge in [-0.25, -0.2) is 8.42 Å². The first-order valence-electron chi connectivity index (χ1n) is 7.64. The summed E-state index contributed by atoms with van der Waals surface area (Å²) >= 11 is 0. The Bertz CT molecular complexity index is 917. The number of nitrogens with zero attached hydrogens (tertiary/aromatic N) is 2. The van der Waals surface area contributed by atoms with Gasteiger partial charge in [0.1, 0.15) is 5.69 Å². The van der Waals surface area contributed by atoms with Crippen molar-refractivity contribution in [1.29, 1.82) is 0 Å². The van der Waals surface area contributed by atoms with Crippen LogP contribution in [0, 0.1) is 15.9 Å². The molecule has 132 valence electrons. The van der Waals surface area contributed by atoms with Crippen molar-refractivity contribution in [2.45, 2.75) is 13.0 Å². The number of nitro benzene ring substituents is 1. The molecule has 0 atom stereocenters. The maximum absolute atomic E-state index is 13.6. The molecule has 1 fully saturated rings. The molecule has 25 heavy (non-hydrogen) atoms. The zero-order valence-corrected chi connectivity index (χ0v) is 14.0. The highest BCUT2D eigenvalue weighted by molar-refractivity contribution is 7.93. The van der Waals surface area contributed by atoms with Crippen molar-refractivity contribution in [3.05, 3.63) is 64.0 Å². The average Bonchev–Trinajstić information content (AvgIpc) is 2.92. The van der Waals surface area contributed by atoms with Crippen LogP contribution in [0.3, 0.4) is 0 Å². The normalized spacial score (nSPS) is 16.0. The lowest BCUT2D eigenvalue weighted by atomic mass is 10.2. The van der Waals surface area contributed by atoms with Crippen LogP contribution in [0.1, 0.15) is 12.0 Å². The van der Waals surface area contributed by atoms with Crippen LogP contribution in [0.4, 0.5) is 21.5 Å². The van der Waals surface area contributed by atoms with E-state index in [4.69, 9.17) is 0 Å². The van der Waals surface area contributed by atoms with Gasteiger partial charge < -0.3 is 5.32 Å². The minimum absolute atomic E-state index is 0.0733. The maximum Gasteiger partial charge on any atom is 0.327 e. The van der Waals surface area contributed by atoms with Crippen LogP contribution in [0.5, 0.6) is 0 Å². The number of hydrogen-bond donors (Lipinski definition) is 1. The van der Waals surface area contributed by atoms with Gasteiger partial charge in [-0.2, -0.15) is 4.39 Å². The Labute approximate surface area is 144 Å². The molecule has 1 heterocycles. The summed E-state index contributed by atoms with van der Waals surface area (Å²) in [5, 5.41) is 13.8. The van der Waals surface area contributed by atoms with Gasteiger partial charge >= 0.3 is 5.69 Å². The largest absolute Gasteiger partial charge is 0.375 e. The Morgan fingerprint density at radius 3 is 2.68 bits per heavy atom. The molecule has 2 aromatic rings. The first-order chi connectivity index (χ1) is 11.9. The van der Waals surface area contributed by atoms with E-state index in [2.05, 4.69) is 5.32 Å². The zero-order valence-electron chi connectivity index (χ0n) is 13.2. The topological polar surface area (TPSA) is 92.6 Å². The highest BCUT2D eigenvalue weighted by atomic mass is 32.2. The van der Waals surface area contributed by atoms with Gasteiger partial charge in [0.25, 0.3) is 0 Å². The van der Waals surface area contributed by atoms with E-state index < -0.39 is 26.5 Å². The number of anilines is 2. The summed E-state index contributed by atoms with van der Waals surface area (Å²) in [6, 6.07) is 10.7. The number of halogens is 1. The van der Waals surface area contributed by atoms with Gasteiger partial charge in [-0.1, -0.05) is 18.2 Å². The van der Waals surface area contributed by atoms with Crippen molar-refractivity contribution in [3.8, 4) is 0 Å². The summed E-state index contributed by atoms with van der Waals surface area (Å²) in [6.45, 7) is 0.639. The Morgan fingerprint density at radius 2 is 2.00 bits per heavy atom. The van der Waals surface area contributed by atoms with Crippen molar-refractivity contribution in [2.24, 2.45) is 0 Å². The van der Waals surface area contributed by atoms with E-state index in [1.165, 1.54) is 16.4 Å². The third-order valence-electron chi connectivity index (χ3n) is 3.95. The first-order valence-corrected chi connectivity index (χ1v) is 9.25. The number of benzene rings is 2. The maximum atomic E-state index is 13.6. The molecule has 1 saturated heterocycles. The molecular formula is C16H16FN3O4S. The van der Waals surface area contributed by atoms with Crippen molar-refractivity contribution in [3.63, 3.8) is 0 Å². The van der Waals surface area contributed by atoms with E-state index in [1.807, 2.05) is 0 Å². The molecule has 0 amide bonds. The Hall–Kier alpha value is -2.68. The zero-order chi connectivity index (χ0) is 18.0. The number of hydrogen-bond acceptors (Lipinski definition) is 5. The molecule has 1 aliphatic rings. The quantitative estimate of drug-likeness (QED) is 0.650. The lowest BCUT2D eigenvalue weighted by Gasteiger charge is -2.18. The number of rotatable bonds is 5. The van der Waals surface area contributed by atoms with E-state index in [1.54, 1.807) is 24.3 Å². The van der Waals surface area contributed by atoms with Gasteiger partial charge in [0.2, 0.25) is 15.8 Å². The Kier molecular flexibility index (Phi) is 4.58.